The van der Waals surface area contributed by atoms with Crippen molar-refractivity contribution in [2.24, 2.45) is 142 Å². The van der Waals surface area contributed by atoms with Crippen molar-refractivity contribution in [3.8, 4) is 86.0 Å². The van der Waals surface area contributed by atoms with Crippen molar-refractivity contribution in [2.75, 3.05) is 7.05 Å². The summed E-state index contributed by atoms with van der Waals surface area (Å²) in [5.74, 6) is 8.85. The number of sulfonamides is 1. The van der Waals surface area contributed by atoms with Crippen molar-refractivity contribution in [2.45, 2.75) is 171 Å². The highest BCUT2D eigenvalue weighted by Crippen LogP contribution is 2.54. The minimum atomic E-state index is -3.24. The molecule has 147 heavy (non-hydrogen) atoms. The molecule has 754 valence electrons. The van der Waals surface area contributed by atoms with Gasteiger partial charge in [0, 0.05) is 142 Å². The fraction of sp³-hybridized carbons (Fsp3) is 0.408. The van der Waals surface area contributed by atoms with Gasteiger partial charge in [0.15, 0.2) is 0 Å². The molecule has 0 spiro atoms. The summed E-state index contributed by atoms with van der Waals surface area (Å²) in [6.45, 7) is 32.9. The Balaban J connectivity index is 0.000000131. The molecular formula is C125H136N14O7S. The lowest BCUT2D eigenvalue weighted by Crippen LogP contribution is -2.43. The summed E-state index contributed by atoms with van der Waals surface area (Å²) in [7, 11) is -1.27. The Morgan fingerprint density at radius 1 is 0.340 bits per heavy atom. The number of pyridine rings is 5. The van der Waals surface area contributed by atoms with Crippen molar-refractivity contribution in [1.82, 2.24) is 45.2 Å². The second-order valence-electron chi connectivity index (χ2n) is 43.4. The van der Waals surface area contributed by atoms with E-state index in [1.54, 1.807) is 12.3 Å². The molecule has 22 heteroatoms. The number of ether oxygens (including phenoxy) is 1. The first-order valence-electron chi connectivity index (χ1n) is 52.5. The number of carbonyl (C=O) groups is 4. The molecule has 30 atom stereocenters. The van der Waals surface area contributed by atoms with E-state index < -0.39 is 10.0 Å². The number of nitrogens with one attached hydrogen (secondary N) is 3. The van der Waals surface area contributed by atoms with Crippen LogP contribution in [0.4, 0.5) is 0 Å². The molecule has 5 saturated carbocycles. The topological polar surface area (TPSA) is 334 Å². The maximum absolute atomic E-state index is 12.6. The molecule has 5 aromatic carbocycles. The van der Waals surface area contributed by atoms with E-state index >= 15 is 0 Å². The van der Waals surface area contributed by atoms with Gasteiger partial charge >= 0.3 is 5.97 Å². The molecule has 0 unspecified atom stereocenters. The zero-order chi connectivity index (χ0) is 105. The number of allylic oxidation sites excluding steroid dienone is 5. The van der Waals surface area contributed by atoms with Crippen LogP contribution in [0.1, 0.15) is 192 Å². The number of amides is 3. The molecule has 5 aliphatic heterocycles. The summed E-state index contributed by atoms with van der Waals surface area (Å²) in [6.07, 6.45) is 35.5. The third-order valence-corrected chi connectivity index (χ3v) is 37.2. The van der Waals surface area contributed by atoms with Crippen LogP contribution in [0.2, 0.25) is 0 Å². The van der Waals surface area contributed by atoms with Gasteiger partial charge in [0.05, 0.1) is 97.8 Å². The first-order valence-corrected chi connectivity index (χ1v) is 54.0. The second-order valence-corrected chi connectivity index (χ2v) is 45.4. The maximum Gasteiger partial charge on any atom is 0.309 e. The lowest BCUT2D eigenvalue weighted by Gasteiger charge is -2.43. The van der Waals surface area contributed by atoms with Crippen LogP contribution >= 0.6 is 0 Å². The van der Waals surface area contributed by atoms with Gasteiger partial charge in [-0.25, -0.2) is 13.1 Å². The van der Waals surface area contributed by atoms with Crippen LogP contribution in [0, 0.1) is 199 Å². The summed E-state index contributed by atoms with van der Waals surface area (Å²) in [4.78, 5) is 74.2. The molecule has 3 N–H and O–H groups in total. The number of hydrogen-bond acceptors (Lipinski definition) is 17. The number of likely N-dealkylation sites (tertiary alicyclic amines) is 1. The monoisotopic (exact) mass is 1980 g/mol. The molecule has 10 aromatic rings. The largest absolute Gasteiger partial charge is 0.462 e. The number of aromatic nitrogens is 5. The molecule has 5 aliphatic carbocycles. The average Bonchev–Trinajstić information content (AvgIpc) is 1.61. The van der Waals surface area contributed by atoms with Crippen molar-refractivity contribution in [3.05, 3.63) is 300 Å². The Morgan fingerprint density at radius 3 is 1.02 bits per heavy atom. The molecular weight excluding hydrogens is 1840 g/mol. The van der Waals surface area contributed by atoms with Gasteiger partial charge in [-0.1, -0.05) is 242 Å². The number of nitrogens with zero attached hydrogens (tertiary/aromatic N) is 11. The first-order chi connectivity index (χ1) is 70.7. The highest BCUT2D eigenvalue weighted by atomic mass is 32.2. The Hall–Kier alpha value is -14.2. The van der Waals surface area contributed by atoms with Crippen LogP contribution < -0.4 is 15.4 Å². The van der Waals surface area contributed by atoms with E-state index in [-0.39, 0.29) is 94.6 Å². The molecule has 5 saturated heterocycles. The molecule has 3 amide bonds. The van der Waals surface area contributed by atoms with Crippen LogP contribution in [0.5, 0.6) is 0 Å². The fourth-order valence-electron chi connectivity index (χ4n) is 25.8. The Labute approximate surface area is 868 Å². The summed E-state index contributed by atoms with van der Waals surface area (Å²) in [6, 6.07) is 69.7. The van der Waals surface area contributed by atoms with Crippen molar-refractivity contribution < 1.29 is 32.3 Å². The summed E-state index contributed by atoms with van der Waals surface area (Å²) in [5.41, 5.74) is 16.8. The number of benzene rings is 5. The molecule has 21 nitrogen and oxygen atoms in total. The van der Waals surface area contributed by atoms with Gasteiger partial charge in [0.2, 0.25) is 27.7 Å². The standard InChI is InChI=1S/C26H29N3O.2C25H27N3O.C25H26N2O2.C24H27N3O2S/c1-16-13-24-25(18(3)26(30)29(24)4)22(17(16)2)12-11-21-10-9-20(15-28-21)23-8-6-5-7-19(23)14-27;1-15-12-23-24(17(3)28-25(23)29)21(16(15)2)11-10-20-9-8-19(14-27-20)22-7-5-4-6-18(22)13-26;1-15-12-23-24(17(3)25(29)28-23)21(16(15)2)11-10-20-9-8-19(14-27-20)22-7-5-4-6-18(22)13-26;1-15-12-23-24(17(3)25(28)29-23)21(16(15)2)11-10-20-9-8-19(14-27-20)22-7-5-4-6-18(22)13-26;1-15-12-23-24(17(3)27-30(23,28)29)21(16(15)2)11-10-20-9-8-19(14-26-20)22-7-5-4-6-18(22)13-25/h5-12,15-18,22,24-25H,13H2,1-4H3;2*4-11,14-17,21,23-24H,12H2,1-3H3,(H,28,29);4-11,14-17,21,23-24H,12H2,1-3H3;4-11,14-17,21,23-24,27H,12H2,1-3H3/b12-11+;4*11-10+/t16-,17+,18+,22-,24+,25-;4*15-,16+,17+,21-,23+,24-/m00000/s1. The zero-order valence-electron chi connectivity index (χ0n) is 87.0. The van der Waals surface area contributed by atoms with Gasteiger partial charge in [-0.05, 0) is 249 Å². The minimum Gasteiger partial charge on any atom is -0.462 e. The van der Waals surface area contributed by atoms with Gasteiger partial charge in [-0.2, -0.15) is 26.3 Å². The zero-order valence-corrected chi connectivity index (χ0v) is 87.8. The predicted octanol–water partition coefficient (Wildman–Crippen LogP) is 23.7. The quantitative estimate of drug-likeness (QED) is 0.0803. The van der Waals surface area contributed by atoms with E-state index in [1.807, 2.05) is 233 Å². The van der Waals surface area contributed by atoms with Gasteiger partial charge in [0.25, 0.3) is 0 Å². The maximum atomic E-state index is 12.6. The van der Waals surface area contributed by atoms with Crippen molar-refractivity contribution >= 4 is 64.1 Å². The molecule has 5 aromatic heterocycles. The highest BCUT2D eigenvalue weighted by molar-refractivity contribution is 7.90. The van der Waals surface area contributed by atoms with Crippen LogP contribution in [0.3, 0.4) is 0 Å². The Kier molecular flexibility index (Phi) is 33.2. The normalized spacial score (nSPS) is 31.5. The number of hydrogen-bond donors (Lipinski definition) is 3. The lowest BCUT2D eigenvalue weighted by atomic mass is 9.62. The van der Waals surface area contributed by atoms with E-state index in [9.17, 15) is 53.9 Å². The van der Waals surface area contributed by atoms with Gasteiger partial charge in [0.1, 0.15) is 6.10 Å². The van der Waals surface area contributed by atoms with E-state index in [0.29, 0.717) is 134 Å². The van der Waals surface area contributed by atoms with Crippen molar-refractivity contribution in [3.63, 3.8) is 0 Å². The predicted molar refractivity (Wildman–Crippen MR) is 579 cm³/mol. The van der Waals surface area contributed by atoms with E-state index in [0.717, 1.165) is 116 Å². The van der Waals surface area contributed by atoms with Crippen LogP contribution in [-0.2, 0) is 33.9 Å². The molecule has 0 radical (unpaired) electrons. The molecule has 20 rings (SSSR count). The lowest BCUT2D eigenvalue weighted by molar-refractivity contribution is -0.144. The van der Waals surface area contributed by atoms with E-state index in [1.165, 1.54) is 0 Å². The third kappa shape index (κ3) is 22.7. The number of nitriles is 5. The molecule has 10 heterocycles. The van der Waals surface area contributed by atoms with E-state index in [2.05, 4.69) is 215 Å². The first kappa shape index (κ1) is 106. The molecule has 10 aliphatic rings. The van der Waals surface area contributed by atoms with Crippen LogP contribution in [0.25, 0.3) is 86.0 Å². The summed E-state index contributed by atoms with van der Waals surface area (Å²) >= 11 is 0. The number of esters is 1. The average molecular weight is 1980 g/mol. The highest BCUT2D eigenvalue weighted by Gasteiger charge is 2.57. The van der Waals surface area contributed by atoms with Crippen molar-refractivity contribution in [1.29, 1.82) is 26.3 Å². The number of rotatable bonds is 15. The van der Waals surface area contributed by atoms with Gasteiger partial charge in [-0.15, -0.1) is 0 Å². The van der Waals surface area contributed by atoms with Gasteiger partial charge in [-0.3, -0.25) is 44.1 Å². The summed E-state index contributed by atoms with van der Waals surface area (Å²) in [5, 5.41) is 52.6. The van der Waals surface area contributed by atoms with Crippen LogP contribution in [-0.4, -0.2) is 104 Å². The number of fused-ring (bicyclic) bond motifs is 5. The smallest absolute Gasteiger partial charge is 0.309 e. The van der Waals surface area contributed by atoms with E-state index in [4.69, 9.17) is 4.74 Å². The van der Waals surface area contributed by atoms with Crippen LogP contribution in [0.15, 0.2) is 243 Å². The third-order valence-electron chi connectivity index (χ3n) is 35.2. The number of carbonyl (C=O) groups excluding carboxylic acids is 4. The molecule has 0 bridgehead atoms. The second kappa shape index (κ2) is 46.2. The minimum absolute atomic E-state index is 0.0381. The molecule has 10 fully saturated rings. The SMILES string of the molecule is C[C@H]1[C@H](/C=C/c2ccc(-c3ccccc3C#N)cn2)[C@@H]2[C@@H](C)NC(=O)[C@@H]2C[C@@H]1C.C[C@H]1[C@H](/C=C/c2ccc(-c3ccccc3C#N)cn2)[C@H]2[C@@H](C[C@@H]1C)N(C)C(=O)[C@@H]2C.C[C@H]1[C@H](/C=C/c2ccc(-c3ccccc3C#N)cn2)[C@H]2[C@@H](C[C@@H]1C)NC(=O)[C@@H]2C.C[C@H]1[C@H](/C=C/c2ccc(-c3ccccc3C#N)cn2)[C@H]2[C@@H](C[C@@H]1C)OC(=O)[C@@H]2C.C[C@H]1[C@H](/C=C/c2ccc(-c3ccccc3C#N)cn2)[C@H]2[C@@H](C[C@@H]1C)S(=O)(=O)N[C@@H]2C. The fourth-order valence-corrected chi connectivity index (χ4v) is 28.1. The van der Waals surface area contributed by atoms with Gasteiger partial charge < -0.3 is 20.3 Å². The Morgan fingerprint density at radius 2 is 0.660 bits per heavy atom. The Bertz CT molecular complexity index is 6620. The summed E-state index contributed by atoms with van der Waals surface area (Å²) < 4.78 is 33.6.